The van der Waals surface area contributed by atoms with E-state index in [2.05, 4.69) is 15.7 Å². The number of halogens is 6. The molecular formula is C18H16F6N4O3. The van der Waals surface area contributed by atoms with Gasteiger partial charge in [0.25, 0.3) is 5.91 Å². The molecule has 0 aliphatic carbocycles. The minimum absolute atomic E-state index is 0.186. The zero-order valence-electron chi connectivity index (χ0n) is 15.6. The highest BCUT2D eigenvalue weighted by Crippen LogP contribution is 2.30. The summed E-state index contributed by atoms with van der Waals surface area (Å²) >= 11 is 0. The fraction of sp³-hybridized carbons (Fsp3) is 0.278. The van der Waals surface area contributed by atoms with Crippen molar-refractivity contribution in [2.45, 2.75) is 18.8 Å². The van der Waals surface area contributed by atoms with Crippen LogP contribution < -0.4 is 10.6 Å². The lowest BCUT2D eigenvalue weighted by Crippen LogP contribution is -2.28. The van der Waals surface area contributed by atoms with Gasteiger partial charge in [-0.3, -0.25) is 9.89 Å². The number of amides is 1. The number of nitrogens with one attached hydrogen (secondary N) is 3. The molecule has 2 aromatic rings. The molecule has 0 saturated carbocycles. The predicted molar refractivity (Wildman–Crippen MR) is 96.9 cm³/mol. The summed E-state index contributed by atoms with van der Waals surface area (Å²) in [5, 5.41) is 18.6. The SMILES string of the molecule is O=C(Nc1ccc(-c2cc(C(F)(F)F)[nH]n2)cc1)C1=CCCNC1.O=C(O)C(F)(F)F. The number of aromatic nitrogens is 2. The number of rotatable bonds is 3. The lowest BCUT2D eigenvalue weighted by Gasteiger charge is -2.14. The molecule has 1 aromatic carbocycles. The number of aromatic amines is 1. The van der Waals surface area contributed by atoms with Crippen molar-refractivity contribution in [3.63, 3.8) is 0 Å². The highest BCUT2D eigenvalue weighted by atomic mass is 19.4. The van der Waals surface area contributed by atoms with Crippen LogP contribution in [0, 0.1) is 0 Å². The normalized spacial score (nSPS) is 14.2. The number of nitrogens with zero attached hydrogens (tertiary/aromatic N) is 1. The number of hydrogen-bond acceptors (Lipinski definition) is 4. The molecule has 168 valence electrons. The van der Waals surface area contributed by atoms with E-state index in [9.17, 15) is 31.1 Å². The molecule has 1 aliphatic heterocycles. The summed E-state index contributed by atoms with van der Waals surface area (Å²) in [5.74, 6) is -2.94. The fourth-order valence-electron chi connectivity index (χ4n) is 2.37. The monoisotopic (exact) mass is 450 g/mol. The van der Waals surface area contributed by atoms with Crippen molar-refractivity contribution >= 4 is 17.6 Å². The highest BCUT2D eigenvalue weighted by molar-refractivity contribution is 6.04. The number of benzene rings is 1. The molecule has 7 nitrogen and oxygen atoms in total. The average molecular weight is 450 g/mol. The van der Waals surface area contributed by atoms with Crippen LogP contribution >= 0.6 is 0 Å². The van der Waals surface area contributed by atoms with Gasteiger partial charge in [-0.05, 0) is 31.2 Å². The second kappa shape index (κ2) is 9.64. The van der Waals surface area contributed by atoms with Crippen LogP contribution in [0.15, 0.2) is 42.0 Å². The van der Waals surface area contributed by atoms with Crippen LogP contribution in [0.1, 0.15) is 12.1 Å². The maximum atomic E-state index is 12.6. The van der Waals surface area contributed by atoms with E-state index in [1.165, 1.54) is 0 Å². The third kappa shape index (κ3) is 7.13. The number of carboxylic acids is 1. The first kappa shape index (κ1) is 23.9. The van der Waals surface area contributed by atoms with E-state index in [0.717, 1.165) is 19.0 Å². The zero-order valence-corrected chi connectivity index (χ0v) is 15.6. The van der Waals surface area contributed by atoms with Crippen molar-refractivity contribution in [1.82, 2.24) is 15.5 Å². The topological polar surface area (TPSA) is 107 Å². The molecule has 3 rings (SSSR count). The smallest absolute Gasteiger partial charge is 0.475 e. The summed E-state index contributed by atoms with van der Waals surface area (Å²) in [6.45, 7) is 1.38. The second-order valence-electron chi connectivity index (χ2n) is 6.19. The van der Waals surface area contributed by atoms with Crippen molar-refractivity contribution in [2.24, 2.45) is 0 Å². The van der Waals surface area contributed by atoms with E-state index in [-0.39, 0.29) is 11.6 Å². The number of alkyl halides is 6. The summed E-state index contributed by atoms with van der Waals surface area (Å²) in [6.07, 6.45) is -6.84. The molecule has 13 heteroatoms. The van der Waals surface area contributed by atoms with E-state index >= 15 is 0 Å². The summed E-state index contributed by atoms with van der Waals surface area (Å²) in [4.78, 5) is 21.0. The van der Waals surface area contributed by atoms with Crippen molar-refractivity contribution in [1.29, 1.82) is 0 Å². The Balaban J connectivity index is 0.000000423. The first-order valence-electron chi connectivity index (χ1n) is 8.62. The second-order valence-corrected chi connectivity index (χ2v) is 6.19. The van der Waals surface area contributed by atoms with Crippen LogP contribution in [0.5, 0.6) is 0 Å². The number of hydrogen-bond donors (Lipinski definition) is 4. The van der Waals surface area contributed by atoms with E-state index in [0.29, 0.717) is 23.4 Å². The van der Waals surface area contributed by atoms with Crippen molar-refractivity contribution < 1.29 is 41.0 Å². The van der Waals surface area contributed by atoms with Gasteiger partial charge < -0.3 is 15.7 Å². The van der Waals surface area contributed by atoms with Gasteiger partial charge in [0, 0.05) is 23.4 Å². The van der Waals surface area contributed by atoms with Crippen LogP contribution in [-0.2, 0) is 15.8 Å². The molecule has 2 heterocycles. The quantitative estimate of drug-likeness (QED) is 0.535. The lowest BCUT2D eigenvalue weighted by atomic mass is 10.1. The Bertz CT molecular complexity index is 948. The van der Waals surface area contributed by atoms with Crippen molar-refractivity contribution in [3.8, 4) is 11.3 Å². The average Bonchev–Trinajstić information content (AvgIpc) is 3.20. The van der Waals surface area contributed by atoms with Gasteiger partial charge in [-0.25, -0.2) is 4.79 Å². The van der Waals surface area contributed by atoms with Crippen LogP contribution in [0.2, 0.25) is 0 Å². The molecule has 1 aliphatic rings. The number of aliphatic carboxylic acids is 1. The first-order valence-corrected chi connectivity index (χ1v) is 8.62. The Morgan fingerprint density at radius 1 is 1.06 bits per heavy atom. The van der Waals surface area contributed by atoms with Crippen LogP contribution in [0.25, 0.3) is 11.3 Å². The Morgan fingerprint density at radius 2 is 1.68 bits per heavy atom. The summed E-state index contributed by atoms with van der Waals surface area (Å²) in [6, 6.07) is 7.43. The molecule has 0 bridgehead atoms. The van der Waals surface area contributed by atoms with Gasteiger partial charge >= 0.3 is 18.3 Å². The van der Waals surface area contributed by atoms with Crippen LogP contribution in [0.3, 0.4) is 0 Å². The van der Waals surface area contributed by atoms with Gasteiger partial charge in [-0.2, -0.15) is 31.4 Å². The van der Waals surface area contributed by atoms with E-state index in [4.69, 9.17) is 9.90 Å². The van der Waals surface area contributed by atoms with Gasteiger partial charge in [0.05, 0.1) is 5.69 Å². The summed E-state index contributed by atoms with van der Waals surface area (Å²) < 4.78 is 69.5. The van der Waals surface area contributed by atoms with Crippen LogP contribution in [0.4, 0.5) is 32.0 Å². The van der Waals surface area contributed by atoms with E-state index in [1.807, 2.05) is 11.2 Å². The molecule has 0 spiro atoms. The fourth-order valence-corrected chi connectivity index (χ4v) is 2.37. The van der Waals surface area contributed by atoms with Gasteiger partial charge in [-0.15, -0.1) is 0 Å². The first-order chi connectivity index (χ1) is 14.4. The van der Waals surface area contributed by atoms with Crippen molar-refractivity contribution in [2.75, 3.05) is 18.4 Å². The minimum atomic E-state index is -5.08. The number of carbonyl (C=O) groups is 2. The highest BCUT2D eigenvalue weighted by Gasteiger charge is 2.38. The van der Waals surface area contributed by atoms with Gasteiger partial charge in [-0.1, -0.05) is 18.2 Å². The minimum Gasteiger partial charge on any atom is -0.475 e. The van der Waals surface area contributed by atoms with Gasteiger partial charge in [0.1, 0.15) is 5.69 Å². The summed E-state index contributed by atoms with van der Waals surface area (Å²) in [7, 11) is 0. The number of carbonyl (C=O) groups excluding carboxylic acids is 1. The van der Waals surface area contributed by atoms with E-state index < -0.39 is 24.0 Å². The maximum Gasteiger partial charge on any atom is 0.490 e. The van der Waals surface area contributed by atoms with Gasteiger partial charge in [0.15, 0.2) is 0 Å². The molecule has 1 amide bonds. The molecule has 0 unspecified atom stereocenters. The summed E-state index contributed by atoms with van der Waals surface area (Å²) in [5.41, 5.74) is 1.07. The number of carboxylic acid groups (broad SMARTS) is 1. The lowest BCUT2D eigenvalue weighted by molar-refractivity contribution is -0.192. The molecule has 0 radical (unpaired) electrons. The molecule has 0 atom stereocenters. The Hall–Kier alpha value is -3.35. The van der Waals surface area contributed by atoms with Crippen LogP contribution in [-0.4, -0.2) is 46.4 Å². The molecule has 31 heavy (non-hydrogen) atoms. The molecule has 0 saturated heterocycles. The number of anilines is 1. The Kier molecular flexibility index (Phi) is 7.44. The third-order valence-electron chi connectivity index (χ3n) is 3.88. The zero-order chi connectivity index (χ0) is 23.2. The number of H-pyrrole nitrogens is 1. The standard InChI is InChI=1S/C16H15F3N4O.C2HF3O2/c17-16(18,19)14-8-13(22-23-14)10-3-5-12(6-4-10)21-15(24)11-2-1-7-20-9-11;3-2(4,5)1(6)7/h2-6,8,20H,1,7,9H2,(H,21,24)(H,22,23);(H,6,7). The molecule has 1 aromatic heterocycles. The predicted octanol–water partition coefficient (Wildman–Crippen LogP) is 3.59. The molecule has 4 N–H and O–H groups in total. The maximum absolute atomic E-state index is 12.6. The van der Waals surface area contributed by atoms with E-state index in [1.54, 1.807) is 24.3 Å². The third-order valence-corrected chi connectivity index (χ3v) is 3.88. The Labute approximate surface area is 171 Å². The largest absolute Gasteiger partial charge is 0.490 e. The molecular weight excluding hydrogens is 434 g/mol. The van der Waals surface area contributed by atoms with Crippen molar-refractivity contribution in [3.05, 3.63) is 47.7 Å². The molecule has 0 fully saturated rings. The Morgan fingerprint density at radius 3 is 2.13 bits per heavy atom. The van der Waals surface area contributed by atoms with Gasteiger partial charge in [0.2, 0.25) is 0 Å².